The highest BCUT2D eigenvalue weighted by Gasteiger charge is 2.38. The molecule has 1 aliphatic heterocycles. The molecule has 1 fully saturated rings. The van der Waals surface area contributed by atoms with Crippen molar-refractivity contribution < 1.29 is 19.1 Å². The average molecular weight is 447 g/mol. The van der Waals surface area contributed by atoms with Gasteiger partial charge in [-0.1, -0.05) is 48.5 Å². The molecule has 0 aromatic heterocycles. The van der Waals surface area contributed by atoms with Crippen molar-refractivity contribution in [3.63, 3.8) is 0 Å². The number of benzene rings is 3. The first-order valence-electron chi connectivity index (χ1n) is 11.3. The molecule has 0 spiro atoms. The Bertz CT molecular complexity index is 1160. The normalized spacial score (nSPS) is 17.6. The molecule has 6 heteroatoms. The maximum atomic E-state index is 12.7. The number of nitrogens with one attached hydrogen (secondary N) is 2. The Morgan fingerprint density at radius 1 is 0.939 bits per heavy atom. The van der Waals surface area contributed by atoms with Crippen LogP contribution in [0.3, 0.4) is 0 Å². The van der Waals surface area contributed by atoms with Crippen LogP contribution < -0.4 is 20.1 Å². The van der Waals surface area contributed by atoms with Gasteiger partial charge in [-0.05, 0) is 42.3 Å². The van der Waals surface area contributed by atoms with Gasteiger partial charge in [0.2, 0.25) is 11.8 Å². The van der Waals surface area contributed by atoms with Crippen molar-refractivity contribution in [2.45, 2.75) is 44.2 Å². The Kier molecular flexibility index (Phi) is 6.82. The number of para-hydroxylation sites is 1. The summed E-state index contributed by atoms with van der Waals surface area (Å²) in [4.78, 5) is 24.9. The predicted molar refractivity (Wildman–Crippen MR) is 128 cm³/mol. The Morgan fingerprint density at radius 3 is 2.39 bits per heavy atom. The summed E-state index contributed by atoms with van der Waals surface area (Å²) in [5.74, 6) is 1.58. The van der Waals surface area contributed by atoms with E-state index in [9.17, 15) is 9.59 Å². The van der Waals surface area contributed by atoms with Crippen LogP contribution in [0.15, 0.2) is 60.7 Å². The summed E-state index contributed by atoms with van der Waals surface area (Å²) in [5, 5.41) is 8.33. The lowest BCUT2D eigenvalue weighted by Crippen LogP contribution is -2.44. The molecule has 1 saturated heterocycles. The van der Waals surface area contributed by atoms with Gasteiger partial charge in [-0.3, -0.25) is 9.59 Å². The van der Waals surface area contributed by atoms with Crippen molar-refractivity contribution in [2.75, 3.05) is 14.2 Å². The van der Waals surface area contributed by atoms with E-state index in [4.69, 9.17) is 9.47 Å². The quantitative estimate of drug-likeness (QED) is 0.518. The van der Waals surface area contributed by atoms with Crippen LogP contribution in [0.2, 0.25) is 0 Å². The number of carbonyl (C=O) groups excluding carboxylic acids is 2. The first kappa shape index (κ1) is 22.6. The van der Waals surface area contributed by atoms with Crippen molar-refractivity contribution >= 4 is 22.6 Å². The molecule has 1 aliphatic rings. The molecule has 0 bridgehead atoms. The van der Waals surface area contributed by atoms with Crippen molar-refractivity contribution in [3.05, 3.63) is 71.8 Å². The van der Waals surface area contributed by atoms with Gasteiger partial charge in [0.05, 0.1) is 14.2 Å². The Labute approximate surface area is 194 Å². The second kappa shape index (κ2) is 9.94. The maximum absolute atomic E-state index is 12.7. The van der Waals surface area contributed by atoms with Crippen molar-refractivity contribution in [2.24, 2.45) is 0 Å². The van der Waals surface area contributed by atoms with E-state index in [0.717, 1.165) is 33.4 Å². The number of hydrogen-bond donors (Lipinski definition) is 2. The molecule has 6 nitrogen and oxygen atoms in total. The van der Waals surface area contributed by atoms with Crippen LogP contribution >= 0.6 is 0 Å². The minimum atomic E-state index is -0.434. The molecule has 2 amide bonds. The number of hydrogen-bond acceptors (Lipinski definition) is 4. The lowest BCUT2D eigenvalue weighted by atomic mass is 9.83. The fourth-order valence-electron chi connectivity index (χ4n) is 4.70. The molecular formula is C27H30N2O4. The molecular weight excluding hydrogens is 416 g/mol. The molecule has 2 N–H and O–H groups in total. The zero-order valence-corrected chi connectivity index (χ0v) is 19.1. The summed E-state index contributed by atoms with van der Waals surface area (Å²) < 4.78 is 10.9. The number of ether oxygens (including phenoxy) is 2. The highest BCUT2D eigenvalue weighted by Crippen LogP contribution is 2.35. The number of rotatable bonds is 9. The van der Waals surface area contributed by atoms with Gasteiger partial charge < -0.3 is 20.1 Å². The first-order chi connectivity index (χ1) is 16.0. The van der Waals surface area contributed by atoms with Crippen LogP contribution in [0.25, 0.3) is 10.8 Å². The van der Waals surface area contributed by atoms with Gasteiger partial charge in [-0.2, -0.15) is 0 Å². The number of carbonyl (C=O) groups is 2. The molecule has 0 aliphatic carbocycles. The van der Waals surface area contributed by atoms with E-state index in [1.54, 1.807) is 14.2 Å². The Balaban J connectivity index is 1.47. The molecule has 33 heavy (non-hydrogen) atoms. The van der Waals surface area contributed by atoms with Gasteiger partial charge in [0.15, 0.2) is 0 Å². The summed E-state index contributed by atoms with van der Waals surface area (Å²) in [5.41, 5.74) is 1.64. The van der Waals surface area contributed by atoms with Crippen molar-refractivity contribution in [3.8, 4) is 11.5 Å². The van der Waals surface area contributed by atoms with E-state index in [-0.39, 0.29) is 11.8 Å². The molecule has 3 aromatic carbocycles. The SMILES string of the molecule is COc1ccccc1CNC(=O)CC[C@]1(Cc2ccc(OC)c3ccccc23)CCC(=O)N1. The van der Waals surface area contributed by atoms with E-state index in [2.05, 4.69) is 22.8 Å². The third-order valence-corrected chi connectivity index (χ3v) is 6.46. The topological polar surface area (TPSA) is 76.7 Å². The zero-order valence-electron chi connectivity index (χ0n) is 19.1. The minimum absolute atomic E-state index is 0.0407. The fourth-order valence-corrected chi connectivity index (χ4v) is 4.70. The van der Waals surface area contributed by atoms with Crippen LogP contribution in [0.4, 0.5) is 0 Å². The standard InChI is InChI=1S/C27H30N2O4/c1-32-23-10-6-3-7-20(23)18-28-25(30)13-15-27(16-14-26(31)29-27)17-19-11-12-24(33-2)22-9-5-4-8-21(19)22/h3-12H,13-18H2,1-2H3,(H,28,30)(H,29,31)/t27-/m1/s1. The van der Waals surface area contributed by atoms with Crippen LogP contribution in [-0.2, 0) is 22.6 Å². The maximum Gasteiger partial charge on any atom is 0.220 e. The van der Waals surface area contributed by atoms with Crippen molar-refractivity contribution in [1.82, 2.24) is 10.6 Å². The van der Waals surface area contributed by atoms with Gasteiger partial charge in [0, 0.05) is 35.9 Å². The van der Waals surface area contributed by atoms with Gasteiger partial charge >= 0.3 is 0 Å². The second-order valence-electron chi connectivity index (χ2n) is 8.57. The van der Waals surface area contributed by atoms with E-state index < -0.39 is 5.54 Å². The molecule has 172 valence electrons. The lowest BCUT2D eigenvalue weighted by Gasteiger charge is -2.30. The van der Waals surface area contributed by atoms with Crippen LogP contribution in [-0.4, -0.2) is 31.6 Å². The van der Waals surface area contributed by atoms with Crippen LogP contribution in [0.1, 0.15) is 36.8 Å². The first-order valence-corrected chi connectivity index (χ1v) is 11.3. The monoisotopic (exact) mass is 446 g/mol. The van der Waals surface area contributed by atoms with E-state index in [0.29, 0.717) is 38.6 Å². The molecule has 0 radical (unpaired) electrons. The largest absolute Gasteiger partial charge is 0.496 e. The highest BCUT2D eigenvalue weighted by molar-refractivity contribution is 5.91. The zero-order chi connectivity index (χ0) is 23.3. The van der Waals surface area contributed by atoms with Gasteiger partial charge in [-0.25, -0.2) is 0 Å². The molecule has 3 aromatic rings. The van der Waals surface area contributed by atoms with Gasteiger partial charge in [-0.15, -0.1) is 0 Å². The summed E-state index contributed by atoms with van der Waals surface area (Å²) in [6, 6.07) is 19.8. The molecule has 0 saturated carbocycles. The second-order valence-corrected chi connectivity index (χ2v) is 8.57. The van der Waals surface area contributed by atoms with E-state index in [1.807, 2.05) is 48.5 Å². The number of methoxy groups -OCH3 is 2. The van der Waals surface area contributed by atoms with Gasteiger partial charge in [0.25, 0.3) is 0 Å². The third-order valence-electron chi connectivity index (χ3n) is 6.46. The third kappa shape index (κ3) is 5.11. The highest BCUT2D eigenvalue weighted by atomic mass is 16.5. The number of amides is 2. The molecule has 1 heterocycles. The van der Waals surface area contributed by atoms with Crippen LogP contribution in [0.5, 0.6) is 11.5 Å². The summed E-state index contributed by atoms with van der Waals surface area (Å²) in [6.45, 7) is 0.408. The van der Waals surface area contributed by atoms with E-state index >= 15 is 0 Å². The molecule has 0 unspecified atom stereocenters. The Morgan fingerprint density at radius 2 is 1.67 bits per heavy atom. The Hall–Kier alpha value is -3.54. The minimum Gasteiger partial charge on any atom is -0.496 e. The fraction of sp³-hybridized carbons (Fsp3) is 0.333. The number of fused-ring (bicyclic) bond motifs is 1. The van der Waals surface area contributed by atoms with Gasteiger partial charge in [0.1, 0.15) is 11.5 Å². The summed E-state index contributed by atoms with van der Waals surface area (Å²) in [7, 11) is 3.29. The van der Waals surface area contributed by atoms with E-state index in [1.165, 1.54) is 0 Å². The lowest BCUT2D eigenvalue weighted by molar-refractivity contribution is -0.122. The van der Waals surface area contributed by atoms with Crippen LogP contribution in [0, 0.1) is 0 Å². The smallest absolute Gasteiger partial charge is 0.220 e. The van der Waals surface area contributed by atoms with Crippen molar-refractivity contribution in [1.29, 1.82) is 0 Å². The average Bonchev–Trinajstić information content (AvgIpc) is 3.22. The summed E-state index contributed by atoms with van der Waals surface area (Å²) in [6.07, 6.45) is 2.78. The molecule has 1 atom stereocenters. The summed E-state index contributed by atoms with van der Waals surface area (Å²) >= 11 is 0. The molecule has 4 rings (SSSR count). The predicted octanol–water partition coefficient (Wildman–Crippen LogP) is 4.14.